The Hall–Kier alpha value is -1.73. The van der Waals surface area contributed by atoms with Crippen LogP contribution in [-0.2, 0) is 9.59 Å². The molecule has 0 aliphatic carbocycles. The van der Waals surface area contributed by atoms with Crippen LogP contribution in [0.3, 0.4) is 0 Å². The summed E-state index contributed by atoms with van der Waals surface area (Å²) in [5.41, 5.74) is 0.778. The molecule has 1 aromatic carbocycles. The minimum Gasteiger partial charge on any atom is -0.478 e. The van der Waals surface area contributed by atoms with Crippen molar-refractivity contribution >= 4 is 54.5 Å². The summed E-state index contributed by atoms with van der Waals surface area (Å²) in [6, 6.07) is 5.59. The number of carbonyl (C=O) groups is 2. The first-order valence-electron chi connectivity index (χ1n) is 4.83. The molecule has 0 atom stereocenters. The molecule has 0 fully saturated rings. The number of aliphatic carboxylic acids is 1. The number of nitrogens with one attached hydrogen (secondary N) is 1. The highest BCUT2D eigenvalue weighted by molar-refractivity contribution is 9.10. The van der Waals surface area contributed by atoms with Gasteiger partial charge in [0, 0.05) is 16.6 Å². The van der Waals surface area contributed by atoms with Crippen molar-refractivity contribution in [2.45, 2.75) is 0 Å². The zero-order valence-electron chi connectivity index (χ0n) is 8.88. The lowest BCUT2D eigenvalue weighted by atomic mass is 10.3. The quantitative estimate of drug-likeness (QED) is 0.850. The maximum Gasteiger partial charge on any atom is 0.328 e. The van der Waals surface area contributed by atoms with E-state index in [-0.39, 0.29) is 0 Å². The Balaban J connectivity index is 2.17. The van der Waals surface area contributed by atoms with Crippen molar-refractivity contribution in [3.63, 3.8) is 0 Å². The molecule has 0 aliphatic heterocycles. The molecule has 0 bridgehead atoms. The highest BCUT2D eigenvalue weighted by Crippen LogP contribution is 2.28. The van der Waals surface area contributed by atoms with Gasteiger partial charge >= 0.3 is 5.97 Å². The molecule has 0 radical (unpaired) electrons. The first-order valence-corrected chi connectivity index (χ1v) is 6.43. The number of aromatic nitrogens is 1. The lowest BCUT2D eigenvalue weighted by Gasteiger charge is -1.93. The Morgan fingerprint density at radius 3 is 2.89 bits per heavy atom. The molecule has 2 N–H and O–H groups in total. The zero-order chi connectivity index (χ0) is 13.1. The predicted octanol–water partition coefficient (Wildman–Crippen LogP) is 2.64. The van der Waals surface area contributed by atoms with Gasteiger partial charge < -0.3 is 5.11 Å². The number of carboxylic acids is 1. The Bertz CT molecular complexity index is 651. The summed E-state index contributed by atoms with van der Waals surface area (Å²) in [6.45, 7) is 0. The first-order chi connectivity index (χ1) is 8.54. The Morgan fingerprint density at radius 1 is 1.39 bits per heavy atom. The molecule has 7 heteroatoms. The van der Waals surface area contributed by atoms with Crippen LogP contribution in [0.25, 0.3) is 10.2 Å². The van der Waals surface area contributed by atoms with Crippen molar-refractivity contribution in [3.8, 4) is 0 Å². The van der Waals surface area contributed by atoms with Gasteiger partial charge in [0.2, 0.25) is 5.91 Å². The summed E-state index contributed by atoms with van der Waals surface area (Å²) >= 11 is 4.67. The summed E-state index contributed by atoms with van der Waals surface area (Å²) in [5, 5.41) is 11.3. The minimum atomic E-state index is -1.17. The van der Waals surface area contributed by atoms with Gasteiger partial charge in [-0.1, -0.05) is 27.3 Å². The highest BCUT2D eigenvalue weighted by atomic mass is 79.9. The number of halogens is 1. The fourth-order valence-corrected chi connectivity index (χ4v) is 2.67. The van der Waals surface area contributed by atoms with E-state index in [1.807, 2.05) is 18.2 Å². The van der Waals surface area contributed by atoms with E-state index in [9.17, 15) is 9.59 Å². The first kappa shape index (κ1) is 12.7. The molecule has 0 saturated carbocycles. The number of nitrogens with zero attached hydrogens (tertiary/aromatic N) is 1. The fraction of sp³-hybridized carbons (Fsp3) is 0. The van der Waals surface area contributed by atoms with Gasteiger partial charge in [-0.25, -0.2) is 9.78 Å². The molecule has 0 unspecified atom stereocenters. The predicted molar refractivity (Wildman–Crippen MR) is 72.7 cm³/mol. The highest BCUT2D eigenvalue weighted by Gasteiger charge is 2.06. The van der Waals surface area contributed by atoms with E-state index in [1.54, 1.807) is 0 Å². The number of amides is 1. The maximum absolute atomic E-state index is 11.4. The van der Waals surface area contributed by atoms with Crippen molar-refractivity contribution in [1.82, 2.24) is 4.98 Å². The molecule has 1 amide bonds. The number of hydrogen-bond acceptors (Lipinski definition) is 4. The molecular weight excluding hydrogens is 320 g/mol. The summed E-state index contributed by atoms with van der Waals surface area (Å²) in [5.74, 6) is -1.69. The van der Waals surface area contributed by atoms with Crippen molar-refractivity contribution in [3.05, 3.63) is 34.8 Å². The standard InChI is InChI=1S/C11H7BrN2O3S/c12-6-1-2-7-8(5-6)18-11(13-7)14-9(15)3-4-10(16)17/h1-5H,(H,16,17)(H,13,14,15). The molecule has 92 valence electrons. The smallest absolute Gasteiger partial charge is 0.328 e. The second kappa shape index (κ2) is 5.28. The second-order valence-corrected chi connectivity index (χ2v) is 5.24. The van der Waals surface area contributed by atoms with Crippen molar-refractivity contribution in [2.24, 2.45) is 0 Å². The van der Waals surface area contributed by atoms with E-state index in [2.05, 4.69) is 26.2 Å². The molecule has 18 heavy (non-hydrogen) atoms. The van der Waals surface area contributed by atoms with Gasteiger partial charge in [-0.15, -0.1) is 0 Å². The molecule has 0 spiro atoms. The van der Waals surface area contributed by atoms with Gasteiger partial charge in [0.25, 0.3) is 0 Å². The zero-order valence-corrected chi connectivity index (χ0v) is 11.3. The molecule has 0 aliphatic rings. The largest absolute Gasteiger partial charge is 0.478 e. The third-order valence-electron chi connectivity index (χ3n) is 1.96. The molecular formula is C11H7BrN2O3S. The van der Waals surface area contributed by atoms with E-state index in [0.29, 0.717) is 5.13 Å². The van der Waals surface area contributed by atoms with Crippen LogP contribution in [0.5, 0.6) is 0 Å². The third kappa shape index (κ3) is 3.14. The Labute approximate surface area is 114 Å². The van der Waals surface area contributed by atoms with E-state index < -0.39 is 11.9 Å². The van der Waals surface area contributed by atoms with Gasteiger partial charge in [0.05, 0.1) is 10.2 Å². The van der Waals surface area contributed by atoms with Crippen LogP contribution in [0.1, 0.15) is 0 Å². The average Bonchev–Trinajstić information content (AvgIpc) is 2.67. The van der Waals surface area contributed by atoms with Crippen molar-refractivity contribution in [2.75, 3.05) is 5.32 Å². The van der Waals surface area contributed by atoms with Crippen LogP contribution in [0.15, 0.2) is 34.8 Å². The molecule has 1 aromatic heterocycles. The number of fused-ring (bicyclic) bond motifs is 1. The van der Waals surface area contributed by atoms with E-state index in [1.165, 1.54) is 11.3 Å². The summed E-state index contributed by atoms with van der Waals surface area (Å²) < 4.78 is 1.86. The Kier molecular flexibility index (Phi) is 3.73. The number of benzene rings is 1. The number of carbonyl (C=O) groups excluding carboxylic acids is 1. The Morgan fingerprint density at radius 2 is 2.17 bits per heavy atom. The number of thiazole rings is 1. The van der Waals surface area contributed by atoms with Crippen LogP contribution in [0.2, 0.25) is 0 Å². The molecule has 1 heterocycles. The molecule has 2 aromatic rings. The number of hydrogen-bond donors (Lipinski definition) is 2. The van der Waals surface area contributed by atoms with Crippen LogP contribution >= 0.6 is 27.3 Å². The van der Waals surface area contributed by atoms with E-state index in [0.717, 1.165) is 26.8 Å². The number of carboxylic acid groups (broad SMARTS) is 1. The topological polar surface area (TPSA) is 79.3 Å². The van der Waals surface area contributed by atoms with Gasteiger partial charge in [0.1, 0.15) is 0 Å². The second-order valence-electron chi connectivity index (χ2n) is 3.29. The monoisotopic (exact) mass is 326 g/mol. The van der Waals surface area contributed by atoms with Gasteiger partial charge in [0.15, 0.2) is 5.13 Å². The lowest BCUT2D eigenvalue weighted by Crippen LogP contribution is -2.08. The van der Waals surface area contributed by atoms with Gasteiger partial charge in [-0.05, 0) is 18.2 Å². The van der Waals surface area contributed by atoms with Gasteiger partial charge in [-0.2, -0.15) is 0 Å². The number of anilines is 1. The summed E-state index contributed by atoms with van der Waals surface area (Å²) in [4.78, 5) is 25.8. The number of rotatable bonds is 3. The van der Waals surface area contributed by atoms with Crippen LogP contribution in [0, 0.1) is 0 Å². The normalized spacial score (nSPS) is 10.9. The van der Waals surface area contributed by atoms with Crippen LogP contribution in [-0.4, -0.2) is 22.0 Å². The van der Waals surface area contributed by atoms with Crippen molar-refractivity contribution in [1.29, 1.82) is 0 Å². The summed E-state index contributed by atoms with van der Waals surface area (Å²) in [6.07, 6.45) is 1.73. The maximum atomic E-state index is 11.4. The van der Waals surface area contributed by atoms with Crippen LogP contribution < -0.4 is 5.32 Å². The lowest BCUT2D eigenvalue weighted by molar-refractivity contribution is -0.131. The van der Waals surface area contributed by atoms with Crippen LogP contribution in [0.4, 0.5) is 5.13 Å². The molecule has 2 rings (SSSR count). The molecule has 0 saturated heterocycles. The summed E-state index contributed by atoms with van der Waals surface area (Å²) in [7, 11) is 0. The third-order valence-corrected chi connectivity index (χ3v) is 3.38. The minimum absolute atomic E-state index is 0.433. The average molecular weight is 327 g/mol. The van der Waals surface area contributed by atoms with Crippen molar-refractivity contribution < 1.29 is 14.7 Å². The SMILES string of the molecule is O=C(O)C=CC(=O)Nc1nc2ccc(Br)cc2s1. The molecule has 5 nitrogen and oxygen atoms in total. The van der Waals surface area contributed by atoms with Gasteiger partial charge in [-0.3, -0.25) is 10.1 Å². The fourth-order valence-electron chi connectivity index (χ4n) is 1.25. The van der Waals surface area contributed by atoms with E-state index in [4.69, 9.17) is 5.11 Å². The van der Waals surface area contributed by atoms with E-state index >= 15 is 0 Å².